The fourth-order valence-corrected chi connectivity index (χ4v) is 1.27. The average molecular weight is 196 g/mol. The number of halogens is 1. The smallest absolute Gasteiger partial charge is 0.311 e. The van der Waals surface area contributed by atoms with Gasteiger partial charge in [0.25, 0.3) is 0 Å². The van der Waals surface area contributed by atoms with Gasteiger partial charge in [-0.1, -0.05) is 0 Å². The minimum absolute atomic E-state index is 0. The summed E-state index contributed by atoms with van der Waals surface area (Å²) in [6.07, 6.45) is 0.0737. The Morgan fingerprint density at radius 2 is 2.33 bits per heavy atom. The second-order valence-corrected chi connectivity index (χ2v) is 2.69. The molecule has 0 bridgehead atoms. The van der Waals surface area contributed by atoms with Crippen LogP contribution in [0.3, 0.4) is 0 Å². The Balaban J connectivity index is 0.00000121. The van der Waals surface area contributed by atoms with Crippen LogP contribution in [-0.4, -0.2) is 37.4 Å². The summed E-state index contributed by atoms with van der Waals surface area (Å²) in [6.45, 7) is 1.26. The number of esters is 1. The van der Waals surface area contributed by atoms with Crippen LogP contribution in [-0.2, 0) is 9.53 Å². The van der Waals surface area contributed by atoms with Gasteiger partial charge in [0.1, 0.15) is 0 Å². The zero-order chi connectivity index (χ0) is 8.27. The Hall–Kier alpha value is -0.320. The molecule has 0 saturated carbocycles. The molecule has 1 heterocycles. The summed E-state index contributed by atoms with van der Waals surface area (Å²) in [6, 6.07) is 0. The van der Waals surface area contributed by atoms with Crippen LogP contribution in [0.25, 0.3) is 0 Å². The molecule has 0 unspecified atom stereocenters. The molecule has 4 nitrogen and oxygen atoms in total. The Labute approximate surface area is 77.7 Å². The molecule has 0 aromatic heterocycles. The van der Waals surface area contributed by atoms with Crippen molar-refractivity contribution >= 4 is 18.4 Å². The van der Waals surface area contributed by atoms with Crippen molar-refractivity contribution in [3.8, 4) is 0 Å². The third kappa shape index (κ3) is 2.62. The van der Waals surface area contributed by atoms with Crippen molar-refractivity contribution in [2.24, 2.45) is 5.92 Å². The molecule has 0 aliphatic carbocycles. The first-order valence-electron chi connectivity index (χ1n) is 3.72. The molecule has 1 fully saturated rings. The average Bonchev–Trinajstić information content (AvgIpc) is 2.04. The molecule has 12 heavy (non-hydrogen) atoms. The standard InChI is InChI=1S/C7H13NO3.ClH/c1-11-7(10)5-2-3-8-4-6(5)9;/h5-6,8-9H,2-4H2,1H3;1H/t5-,6+;/m1./s1. The van der Waals surface area contributed by atoms with Crippen molar-refractivity contribution in [1.82, 2.24) is 5.32 Å². The summed E-state index contributed by atoms with van der Waals surface area (Å²) >= 11 is 0. The highest BCUT2D eigenvalue weighted by atomic mass is 35.5. The first-order valence-corrected chi connectivity index (χ1v) is 3.72. The largest absolute Gasteiger partial charge is 0.469 e. The van der Waals surface area contributed by atoms with Gasteiger partial charge in [-0.05, 0) is 13.0 Å². The third-order valence-electron chi connectivity index (χ3n) is 1.95. The molecular formula is C7H14ClNO3. The first-order chi connectivity index (χ1) is 5.25. The first kappa shape index (κ1) is 11.7. The van der Waals surface area contributed by atoms with Gasteiger partial charge in [-0.3, -0.25) is 4.79 Å². The lowest BCUT2D eigenvalue weighted by atomic mass is 9.95. The maximum Gasteiger partial charge on any atom is 0.311 e. The predicted molar refractivity (Wildman–Crippen MR) is 46.2 cm³/mol. The lowest BCUT2D eigenvalue weighted by Crippen LogP contribution is -2.44. The maximum atomic E-state index is 11.0. The van der Waals surface area contributed by atoms with Crippen molar-refractivity contribution in [2.75, 3.05) is 20.2 Å². The Morgan fingerprint density at radius 1 is 1.67 bits per heavy atom. The number of aliphatic hydroxyl groups excluding tert-OH is 1. The molecule has 0 radical (unpaired) electrons. The van der Waals surface area contributed by atoms with Gasteiger partial charge in [0.05, 0.1) is 19.1 Å². The van der Waals surface area contributed by atoms with E-state index in [2.05, 4.69) is 10.1 Å². The van der Waals surface area contributed by atoms with Gasteiger partial charge in [-0.15, -0.1) is 12.4 Å². The SMILES string of the molecule is COC(=O)[C@@H]1CCNC[C@@H]1O.Cl. The number of hydrogen-bond acceptors (Lipinski definition) is 4. The number of rotatable bonds is 1. The monoisotopic (exact) mass is 195 g/mol. The summed E-state index contributed by atoms with van der Waals surface area (Å²) in [4.78, 5) is 11.0. The number of nitrogens with one attached hydrogen (secondary N) is 1. The number of ether oxygens (including phenoxy) is 1. The lowest BCUT2D eigenvalue weighted by molar-refractivity contribution is -0.150. The number of methoxy groups -OCH3 is 1. The second kappa shape index (κ2) is 5.35. The minimum Gasteiger partial charge on any atom is -0.469 e. The molecule has 72 valence electrons. The molecule has 5 heteroatoms. The van der Waals surface area contributed by atoms with Gasteiger partial charge >= 0.3 is 5.97 Å². The van der Waals surface area contributed by atoms with E-state index in [0.717, 1.165) is 6.54 Å². The second-order valence-electron chi connectivity index (χ2n) is 2.69. The van der Waals surface area contributed by atoms with Crippen molar-refractivity contribution in [1.29, 1.82) is 0 Å². The van der Waals surface area contributed by atoms with Gasteiger partial charge in [-0.25, -0.2) is 0 Å². The maximum absolute atomic E-state index is 11.0. The topological polar surface area (TPSA) is 58.6 Å². The van der Waals surface area contributed by atoms with E-state index in [1.54, 1.807) is 0 Å². The van der Waals surface area contributed by atoms with Crippen molar-refractivity contribution in [2.45, 2.75) is 12.5 Å². The molecule has 1 rings (SSSR count). The van der Waals surface area contributed by atoms with E-state index in [-0.39, 0.29) is 24.3 Å². The minimum atomic E-state index is -0.587. The molecule has 1 aliphatic rings. The van der Waals surface area contributed by atoms with Crippen molar-refractivity contribution in [3.63, 3.8) is 0 Å². The Kier molecular flexibility index (Phi) is 5.20. The van der Waals surface area contributed by atoms with E-state index in [1.807, 2.05) is 0 Å². The molecule has 0 amide bonds. The molecular weight excluding hydrogens is 182 g/mol. The van der Waals surface area contributed by atoms with Crippen LogP contribution in [0.2, 0.25) is 0 Å². The van der Waals surface area contributed by atoms with Crippen LogP contribution in [0.1, 0.15) is 6.42 Å². The molecule has 0 spiro atoms. The van der Waals surface area contributed by atoms with Crippen molar-refractivity contribution in [3.05, 3.63) is 0 Å². The molecule has 1 aliphatic heterocycles. The molecule has 0 aromatic carbocycles. The molecule has 0 aromatic rings. The van der Waals surface area contributed by atoms with E-state index in [0.29, 0.717) is 13.0 Å². The van der Waals surface area contributed by atoms with Gasteiger partial charge in [-0.2, -0.15) is 0 Å². The van der Waals surface area contributed by atoms with E-state index in [4.69, 9.17) is 0 Å². The molecule has 1 saturated heterocycles. The van der Waals surface area contributed by atoms with Gasteiger partial charge < -0.3 is 15.2 Å². The summed E-state index contributed by atoms with van der Waals surface area (Å²) in [5, 5.41) is 12.3. The van der Waals surface area contributed by atoms with Crippen LogP contribution < -0.4 is 5.32 Å². The Morgan fingerprint density at radius 3 is 2.83 bits per heavy atom. The highest BCUT2D eigenvalue weighted by Crippen LogP contribution is 2.13. The van der Waals surface area contributed by atoms with E-state index < -0.39 is 6.10 Å². The summed E-state index contributed by atoms with van der Waals surface area (Å²) in [7, 11) is 1.34. The van der Waals surface area contributed by atoms with Crippen LogP contribution in [0.15, 0.2) is 0 Å². The predicted octanol–water partition coefficient (Wildman–Crippen LogP) is -0.448. The number of piperidine rings is 1. The fraction of sp³-hybridized carbons (Fsp3) is 0.857. The quantitative estimate of drug-likeness (QED) is 0.557. The van der Waals surface area contributed by atoms with E-state index >= 15 is 0 Å². The van der Waals surface area contributed by atoms with Crippen LogP contribution in [0.5, 0.6) is 0 Å². The molecule has 2 N–H and O–H groups in total. The number of β-amino-alcohol motifs (C(OH)–C–C–N with tert-alkyl or cyclic N) is 1. The van der Waals surface area contributed by atoms with Crippen LogP contribution >= 0.6 is 12.4 Å². The van der Waals surface area contributed by atoms with Gasteiger partial charge in [0.2, 0.25) is 0 Å². The summed E-state index contributed by atoms with van der Waals surface area (Å²) in [5.41, 5.74) is 0. The summed E-state index contributed by atoms with van der Waals surface area (Å²) in [5.74, 6) is -0.639. The zero-order valence-corrected chi connectivity index (χ0v) is 7.76. The fourth-order valence-electron chi connectivity index (χ4n) is 1.27. The van der Waals surface area contributed by atoms with E-state index in [1.165, 1.54) is 7.11 Å². The Bertz CT molecular complexity index is 154. The van der Waals surface area contributed by atoms with E-state index in [9.17, 15) is 9.90 Å². The van der Waals surface area contributed by atoms with Crippen LogP contribution in [0.4, 0.5) is 0 Å². The van der Waals surface area contributed by atoms with Crippen LogP contribution in [0, 0.1) is 5.92 Å². The third-order valence-corrected chi connectivity index (χ3v) is 1.95. The number of carbonyl (C=O) groups is 1. The zero-order valence-electron chi connectivity index (χ0n) is 6.95. The summed E-state index contributed by atoms with van der Waals surface area (Å²) < 4.78 is 4.53. The highest BCUT2D eigenvalue weighted by Gasteiger charge is 2.29. The van der Waals surface area contributed by atoms with Gasteiger partial charge in [0, 0.05) is 6.54 Å². The van der Waals surface area contributed by atoms with Gasteiger partial charge in [0.15, 0.2) is 0 Å². The molecule has 2 atom stereocenters. The normalized spacial score (nSPS) is 28.8. The number of hydrogen-bond donors (Lipinski definition) is 2. The number of aliphatic hydroxyl groups is 1. The lowest BCUT2D eigenvalue weighted by Gasteiger charge is -2.25. The van der Waals surface area contributed by atoms with Crippen molar-refractivity contribution < 1.29 is 14.6 Å². The highest BCUT2D eigenvalue weighted by molar-refractivity contribution is 5.85. The number of carbonyl (C=O) groups excluding carboxylic acids is 1.